The van der Waals surface area contributed by atoms with E-state index in [0.717, 1.165) is 0 Å². The number of halogens is 2. The van der Waals surface area contributed by atoms with Gasteiger partial charge in [-0.15, -0.1) is 0 Å². The summed E-state index contributed by atoms with van der Waals surface area (Å²) in [6.07, 6.45) is 1.30. The molecule has 7 heteroatoms. The highest BCUT2D eigenvalue weighted by molar-refractivity contribution is 7.90. The number of rotatable bonds is 2. The third kappa shape index (κ3) is 2.85. The Hall–Kier alpha value is -1.43. The van der Waals surface area contributed by atoms with Crippen LogP contribution >= 0.6 is 23.2 Å². The molecule has 0 unspecified atom stereocenters. The van der Waals surface area contributed by atoms with Crippen LogP contribution in [0.15, 0.2) is 61.3 Å². The van der Waals surface area contributed by atoms with Crippen molar-refractivity contribution in [2.45, 2.75) is 11.8 Å². The minimum atomic E-state index is -3.90. The molecular weight excluding hydrogens is 321 g/mol. The summed E-state index contributed by atoms with van der Waals surface area (Å²) in [7, 11) is -3.90. The van der Waals surface area contributed by atoms with Crippen molar-refractivity contribution >= 4 is 44.7 Å². The zero-order chi connectivity index (χ0) is 14.9. The van der Waals surface area contributed by atoms with Crippen molar-refractivity contribution in [3.05, 3.63) is 52.0 Å². The van der Waals surface area contributed by atoms with Gasteiger partial charge < -0.3 is 0 Å². The van der Waals surface area contributed by atoms with E-state index in [1.807, 2.05) is 0 Å². The summed E-state index contributed by atoms with van der Waals surface area (Å²) >= 11 is 11.6. The van der Waals surface area contributed by atoms with E-state index in [1.165, 1.54) is 25.1 Å². The number of Topliss-reactive ketones (excluding diaryl/α,β-unsaturated/α-hetero) is 1. The van der Waals surface area contributed by atoms with Crippen molar-refractivity contribution in [2.75, 3.05) is 0 Å². The molecular formula is C13H9Cl2NO3S. The van der Waals surface area contributed by atoms with Gasteiger partial charge in [0.1, 0.15) is 5.03 Å². The second-order valence-corrected chi connectivity index (χ2v) is 6.41. The highest BCUT2D eigenvalue weighted by atomic mass is 35.5. The van der Waals surface area contributed by atoms with E-state index < -0.39 is 15.8 Å². The fraction of sp³-hybridized carbons (Fsp3) is 0.0769. The van der Waals surface area contributed by atoms with Crippen molar-refractivity contribution in [2.24, 2.45) is 4.40 Å². The Kier molecular flexibility index (Phi) is 4.13. The number of carbonyl (C=O) groups is 1. The summed E-state index contributed by atoms with van der Waals surface area (Å²) in [6, 6.07) is 7.71. The molecule has 0 aromatic heterocycles. The number of carbonyl (C=O) groups excluding carboxylic acids is 1. The van der Waals surface area contributed by atoms with Crippen LogP contribution in [-0.4, -0.2) is 19.9 Å². The number of hydrogen-bond donors (Lipinski definition) is 0. The van der Waals surface area contributed by atoms with Gasteiger partial charge in [0, 0.05) is 5.57 Å². The molecule has 0 radical (unpaired) electrons. The van der Waals surface area contributed by atoms with Gasteiger partial charge in [0.2, 0.25) is 5.78 Å². The first-order valence-corrected chi connectivity index (χ1v) is 7.71. The predicted molar refractivity (Wildman–Crippen MR) is 78.6 cm³/mol. The van der Waals surface area contributed by atoms with Crippen molar-refractivity contribution < 1.29 is 13.2 Å². The molecule has 1 aromatic rings. The van der Waals surface area contributed by atoms with E-state index in [9.17, 15) is 13.2 Å². The van der Waals surface area contributed by atoms with Crippen LogP contribution in [-0.2, 0) is 14.8 Å². The van der Waals surface area contributed by atoms with E-state index >= 15 is 0 Å². The first kappa shape index (κ1) is 15.0. The molecule has 0 saturated carbocycles. The lowest BCUT2D eigenvalue weighted by atomic mass is 10.0. The van der Waals surface area contributed by atoms with Crippen LogP contribution in [0.1, 0.15) is 6.92 Å². The molecule has 4 nitrogen and oxygen atoms in total. The molecule has 0 N–H and O–H groups in total. The molecule has 0 spiro atoms. The van der Waals surface area contributed by atoms with E-state index in [0.29, 0.717) is 0 Å². The molecule has 0 bridgehead atoms. The molecule has 0 fully saturated rings. The molecule has 0 amide bonds. The van der Waals surface area contributed by atoms with Crippen LogP contribution in [0.2, 0.25) is 0 Å². The average Bonchev–Trinajstić information content (AvgIpc) is 2.43. The second-order valence-electron chi connectivity index (χ2n) is 4.05. The molecule has 1 aliphatic carbocycles. The zero-order valence-corrected chi connectivity index (χ0v) is 12.6. The maximum atomic E-state index is 12.1. The van der Waals surface area contributed by atoms with Gasteiger partial charge in [0.05, 0.1) is 15.6 Å². The number of benzene rings is 1. The Balaban J connectivity index is 2.54. The van der Waals surface area contributed by atoms with Gasteiger partial charge in [-0.05, 0) is 25.1 Å². The van der Waals surface area contributed by atoms with Crippen molar-refractivity contribution in [3.8, 4) is 0 Å². The summed E-state index contributed by atoms with van der Waals surface area (Å²) in [5.74, 6) is -0.437. The number of hydrogen-bond acceptors (Lipinski definition) is 3. The third-order valence-corrected chi connectivity index (χ3v) is 4.73. The lowest BCUT2D eigenvalue weighted by molar-refractivity contribution is -0.111. The van der Waals surface area contributed by atoms with E-state index in [2.05, 4.69) is 4.40 Å². The van der Waals surface area contributed by atoms with Crippen molar-refractivity contribution in [3.63, 3.8) is 0 Å². The molecule has 20 heavy (non-hydrogen) atoms. The number of ketones is 1. The summed E-state index contributed by atoms with van der Waals surface area (Å²) in [5, 5.41) is -0.393. The molecule has 0 aliphatic heterocycles. The van der Waals surface area contributed by atoms with Gasteiger partial charge in [0.15, 0.2) is 0 Å². The molecule has 1 aromatic carbocycles. The molecule has 104 valence electrons. The number of sulfonamides is 1. The first-order chi connectivity index (χ1) is 9.33. The summed E-state index contributed by atoms with van der Waals surface area (Å²) in [4.78, 5) is 11.6. The topological polar surface area (TPSA) is 63.6 Å². The SMILES string of the molecule is CC1=C/C(=N\S(=O)(=O)c2ccccc2)C(Cl)=C(Cl)C1=O. The monoisotopic (exact) mass is 329 g/mol. The van der Waals surface area contributed by atoms with Gasteiger partial charge >= 0.3 is 0 Å². The first-order valence-electron chi connectivity index (χ1n) is 5.51. The minimum Gasteiger partial charge on any atom is -0.288 e. The number of allylic oxidation sites excluding steroid dienone is 4. The van der Waals surface area contributed by atoms with E-state index in [1.54, 1.807) is 18.2 Å². The molecule has 0 saturated heterocycles. The molecule has 2 rings (SSSR count). The molecule has 0 atom stereocenters. The maximum Gasteiger partial charge on any atom is 0.282 e. The van der Waals surface area contributed by atoms with Gasteiger partial charge in [-0.1, -0.05) is 41.4 Å². The van der Waals surface area contributed by atoms with Crippen LogP contribution in [0, 0.1) is 0 Å². The van der Waals surface area contributed by atoms with E-state index in [-0.39, 0.29) is 26.2 Å². The lowest BCUT2D eigenvalue weighted by Crippen LogP contribution is -2.14. The van der Waals surface area contributed by atoms with Crippen LogP contribution in [0.4, 0.5) is 0 Å². The Morgan fingerprint density at radius 1 is 1.05 bits per heavy atom. The highest BCUT2D eigenvalue weighted by Gasteiger charge is 2.24. The smallest absolute Gasteiger partial charge is 0.282 e. The van der Waals surface area contributed by atoms with Gasteiger partial charge in [-0.3, -0.25) is 4.79 Å². The Bertz CT molecular complexity index is 762. The van der Waals surface area contributed by atoms with Crippen LogP contribution in [0.3, 0.4) is 0 Å². The van der Waals surface area contributed by atoms with Gasteiger partial charge in [-0.25, -0.2) is 0 Å². The number of nitrogens with zero attached hydrogens (tertiary/aromatic N) is 1. The summed E-state index contributed by atoms with van der Waals surface area (Å²) in [6.45, 7) is 1.51. The minimum absolute atomic E-state index is 0.0380. The van der Waals surface area contributed by atoms with E-state index in [4.69, 9.17) is 23.2 Å². The third-order valence-electron chi connectivity index (χ3n) is 2.59. The fourth-order valence-electron chi connectivity index (χ4n) is 1.56. The molecule has 0 heterocycles. The van der Waals surface area contributed by atoms with Crippen LogP contribution in [0.25, 0.3) is 0 Å². The van der Waals surface area contributed by atoms with Gasteiger partial charge in [-0.2, -0.15) is 12.8 Å². The summed E-state index contributed by atoms with van der Waals surface area (Å²) in [5.41, 5.74) is 0.235. The quantitative estimate of drug-likeness (QED) is 0.783. The average molecular weight is 330 g/mol. The van der Waals surface area contributed by atoms with Crippen LogP contribution < -0.4 is 0 Å². The Labute approximate surface area is 126 Å². The second kappa shape index (κ2) is 5.52. The largest absolute Gasteiger partial charge is 0.288 e. The van der Waals surface area contributed by atoms with Crippen molar-refractivity contribution in [1.29, 1.82) is 0 Å². The lowest BCUT2D eigenvalue weighted by Gasteiger charge is -2.11. The normalized spacial score (nSPS) is 18.4. The highest BCUT2D eigenvalue weighted by Crippen LogP contribution is 2.27. The molecule has 1 aliphatic rings. The zero-order valence-electron chi connectivity index (χ0n) is 10.3. The van der Waals surface area contributed by atoms with Crippen LogP contribution in [0.5, 0.6) is 0 Å². The maximum absolute atomic E-state index is 12.1. The predicted octanol–water partition coefficient (Wildman–Crippen LogP) is 3.03. The summed E-state index contributed by atoms with van der Waals surface area (Å²) < 4.78 is 27.9. The fourth-order valence-corrected chi connectivity index (χ4v) is 3.05. The van der Waals surface area contributed by atoms with Gasteiger partial charge in [0.25, 0.3) is 10.0 Å². The standard InChI is InChI=1S/C13H9Cl2NO3S/c1-8-7-10(11(14)12(15)13(8)17)16-20(18,19)9-5-3-2-4-6-9/h2-7H,1H3/b16-10+. The Morgan fingerprint density at radius 3 is 2.25 bits per heavy atom. The Morgan fingerprint density at radius 2 is 1.65 bits per heavy atom. The van der Waals surface area contributed by atoms with Crippen molar-refractivity contribution in [1.82, 2.24) is 0 Å².